The van der Waals surface area contributed by atoms with Gasteiger partial charge in [-0.25, -0.2) is 4.39 Å². The van der Waals surface area contributed by atoms with Gasteiger partial charge in [-0.2, -0.15) is 0 Å². The van der Waals surface area contributed by atoms with Gasteiger partial charge in [-0.05, 0) is 42.8 Å². The molecule has 0 saturated heterocycles. The van der Waals surface area contributed by atoms with Crippen LogP contribution in [0.3, 0.4) is 0 Å². The Morgan fingerprint density at radius 1 is 1.10 bits per heavy atom. The molecule has 30 heavy (non-hydrogen) atoms. The lowest BCUT2D eigenvalue weighted by atomic mass is 10.2. The molecule has 1 amide bonds. The zero-order chi connectivity index (χ0) is 21.5. The van der Waals surface area contributed by atoms with E-state index in [1.54, 1.807) is 30.1 Å². The van der Waals surface area contributed by atoms with E-state index in [1.165, 1.54) is 12.1 Å². The largest absolute Gasteiger partial charge is 0.419 e. The SMILES string of the molecule is CCCN(CC(=O)N(C)Cc1ccc(F)cc1)Cc1nnc(-c2ccccc2Cl)o1. The quantitative estimate of drug-likeness (QED) is 0.503. The Balaban J connectivity index is 1.62. The molecule has 0 unspecified atom stereocenters. The number of halogens is 2. The highest BCUT2D eigenvalue weighted by atomic mass is 35.5. The van der Waals surface area contributed by atoms with E-state index < -0.39 is 0 Å². The van der Waals surface area contributed by atoms with Crippen molar-refractivity contribution < 1.29 is 13.6 Å². The second kappa shape index (κ2) is 10.3. The molecule has 0 radical (unpaired) electrons. The van der Waals surface area contributed by atoms with Gasteiger partial charge in [-0.15, -0.1) is 10.2 Å². The van der Waals surface area contributed by atoms with Crippen molar-refractivity contribution in [2.75, 3.05) is 20.1 Å². The summed E-state index contributed by atoms with van der Waals surface area (Å²) in [5, 5.41) is 8.73. The summed E-state index contributed by atoms with van der Waals surface area (Å²) in [6.45, 7) is 3.75. The molecule has 3 rings (SSSR count). The maximum atomic E-state index is 13.1. The van der Waals surface area contributed by atoms with Gasteiger partial charge in [0.15, 0.2) is 0 Å². The minimum atomic E-state index is -0.294. The lowest BCUT2D eigenvalue weighted by Crippen LogP contribution is -2.38. The molecule has 0 aliphatic carbocycles. The molecule has 3 aromatic rings. The Labute approximate surface area is 180 Å². The molecule has 0 aliphatic heterocycles. The van der Waals surface area contributed by atoms with Crippen LogP contribution in [-0.2, 0) is 17.9 Å². The van der Waals surface area contributed by atoms with Crippen LogP contribution in [0.4, 0.5) is 4.39 Å². The van der Waals surface area contributed by atoms with Gasteiger partial charge in [0, 0.05) is 13.6 Å². The Kier molecular flexibility index (Phi) is 7.54. The highest BCUT2D eigenvalue weighted by molar-refractivity contribution is 6.33. The first kappa shape index (κ1) is 21.9. The zero-order valence-corrected chi connectivity index (χ0v) is 17.8. The van der Waals surface area contributed by atoms with Crippen LogP contribution in [0.5, 0.6) is 0 Å². The first-order chi connectivity index (χ1) is 14.5. The molecule has 158 valence electrons. The van der Waals surface area contributed by atoms with Gasteiger partial charge in [-0.3, -0.25) is 9.69 Å². The number of hydrogen-bond donors (Lipinski definition) is 0. The number of nitrogens with zero attached hydrogens (tertiary/aromatic N) is 4. The maximum Gasteiger partial charge on any atom is 0.249 e. The summed E-state index contributed by atoms with van der Waals surface area (Å²) in [5.74, 6) is 0.440. The van der Waals surface area contributed by atoms with Crippen molar-refractivity contribution in [3.63, 3.8) is 0 Å². The highest BCUT2D eigenvalue weighted by Crippen LogP contribution is 2.26. The van der Waals surface area contributed by atoms with Gasteiger partial charge in [0.2, 0.25) is 17.7 Å². The Morgan fingerprint density at radius 2 is 1.83 bits per heavy atom. The Hall–Kier alpha value is -2.77. The van der Waals surface area contributed by atoms with Crippen LogP contribution in [-0.4, -0.2) is 46.0 Å². The third-order valence-electron chi connectivity index (χ3n) is 4.59. The molecular weight excluding hydrogens is 407 g/mol. The van der Waals surface area contributed by atoms with Crippen molar-refractivity contribution in [3.05, 3.63) is 70.8 Å². The van der Waals surface area contributed by atoms with E-state index in [1.807, 2.05) is 30.0 Å². The van der Waals surface area contributed by atoms with Crippen molar-refractivity contribution in [1.82, 2.24) is 20.0 Å². The molecule has 0 N–H and O–H groups in total. The van der Waals surface area contributed by atoms with Crippen LogP contribution in [0.2, 0.25) is 5.02 Å². The average Bonchev–Trinajstić information content (AvgIpc) is 3.18. The number of carbonyl (C=O) groups excluding carboxylic acids is 1. The number of rotatable bonds is 9. The van der Waals surface area contributed by atoms with Gasteiger partial charge >= 0.3 is 0 Å². The average molecular weight is 431 g/mol. The van der Waals surface area contributed by atoms with E-state index in [-0.39, 0.29) is 18.3 Å². The first-order valence-corrected chi connectivity index (χ1v) is 10.1. The molecule has 1 aromatic heterocycles. The minimum absolute atomic E-state index is 0.0429. The smallest absolute Gasteiger partial charge is 0.249 e. The molecule has 0 atom stereocenters. The number of benzene rings is 2. The molecule has 6 nitrogen and oxygen atoms in total. The highest BCUT2D eigenvalue weighted by Gasteiger charge is 2.18. The lowest BCUT2D eigenvalue weighted by Gasteiger charge is -2.23. The van der Waals surface area contributed by atoms with Crippen LogP contribution in [0.25, 0.3) is 11.5 Å². The maximum absolute atomic E-state index is 13.1. The standard InChI is InChI=1S/C22H24ClFN4O2/c1-3-12-28(15-21(29)27(2)13-16-8-10-17(24)11-9-16)14-20-25-26-22(30-20)18-6-4-5-7-19(18)23/h4-11H,3,12-15H2,1-2H3. The molecule has 0 bridgehead atoms. The van der Waals surface area contributed by atoms with E-state index in [0.717, 1.165) is 12.0 Å². The molecule has 0 fully saturated rings. The van der Waals surface area contributed by atoms with E-state index in [4.69, 9.17) is 16.0 Å². The van der Waals surface area contributed by atoms with Gasteiger partial charge in [0.1, 0.15) is 5.82 Å². The lowest BCUT2D eigenvalue weighted by molar-refractivity contribution is -0.131. The molecule has 1 heterocycles. The van der Waals surface area contributed by atoms with Crippen LogP contribution in [0.1, 0.15) is 24.8 Å². The number of carbonyl (C=O) groups is 1. The van der Waals surface area contributed by atoms with Gasteiger partial charge in [-0.1, -0.05) is 42.8 Å². The van der Waals surface area contributed by atoms with Gasteiger partial charge in [0.25, 0.3) is 0 Å². The normalized spacial score (nSPS) is 11.1. The molecule has 0 aliphatic rings. The van der Waals surface area contributed by atoms with E-state index in [2.05, 4.69) is 10.2 Å². The fourth-order valence-corrected chi connectivity index (χ4v) is 3.26. The molecular formula is C22H24ClFN4O2. The number of likely N-dealkylation sites (N-methyl/N-ethyl adjacent to an activating group) is 1. The minimum Gasteiger partial charge on any atom is -0.419 e. The monoisotopic (exact) mass is 430 g/mol. The van der Waals surface area contributed by atoms with Crippen LogP contribution < -0.4 is 0 Å². The van der Waals surface area contributed by atoms with Crippen molar-refractivity contribution in [1.29, 1.82) is 0 Å². The third-order valence-corrected chi connectivity index (χ3v) is 4.92. The van der Waals surface area contributed by atoms with Gasteiger partial charge < -0.3 is 9.32 Å². The van der Waals surface area contributed by atoms with Crippen molar-refractivity contribution >= 4 is 17.5 Å². The van der Waals surface area contributed by atoms with E-state index in [0.29, 0.717) is 42.0 Å². The Morgan fingerprint density at radius 3 is 2.53 bits per heavy atom. The van der Waals surface area contributed by atoms with Crippen LogP contribution >= 0.6 is 11.6 Å². The van der Waals surface area contributed by atoms with Crippen LogP contribution in [0, 0.1) is 5.82 Å². The van der Waals surface area contributed by atoms with Crippen molar-refractivity contribution in [3.8, 4) is 11.5 Å². The first-order valence-electron chi connectivity index (χ1n) is 9.74. The third kappa shape index (κ3) is 5.87. The summed E-state index contributed by atoms with van der Waals surface area (Å²) in [6.07, 6.45) is 0.875. The molecule has 0 saturated carbocycles. The zero-order valence-electron chi connectivity index (χ0n) is 17.0. The summed E-state index contributed by atoms with van der Waals surface area (Å²) in [4.78, 5) is 16.3. The van der Waals surface area contributed by atoms with Crippen molar-refractivity contribution in [2.24, 2.45) is 0 Å². The second-order valence-electron chi connectivity index (χ2n) is 7.07. The summed E-state index contributed by atoms with van der Waals surface area (Å²) in [6, 6.07) is 13.4. The summed E-state index contributed by atoms with van der Waals surface area (Å²) < 4.78 is 18.8. The number of aromatic nitrogens is 2. The summed E-state index contributed by atoms with van der Waals surface area (Å²) in [7, 11) is 1.73. The van der Waals surface area contributed by atoms with Gasteiger partial charge in [0.05, 0.1) is 23.7 Å². The van der Waals surface area contributed by atoms with E-state index in [9.17, 15) is 9.18 Å². The molecule has 8 heteroatoms. The van der Waals surface area contributed by atoms with Crippen molar-refractivity contribution in [2.45, 2.75) is 26.4 Å². The predicted octanol–water partition coefficient (Wildman–Crippen LogP) is 4.40. The topological polar surface area (TPSA) is 62.5 Å². The van der Waals surface area contributed by atoms with E-state index >= 15 is 0 Å². The second-order valence-corrected chi connectivity index (χ2v) is 7.47. The fraction of sp³-hybridized carbons (Fsp3) is 0.318. The summed E-state index contributed by atoms with van der Waals surface area (Å²) >= 11 is 6.19. The van der Waals surface area contributed by atoms with Crippen LogP contribution in [0.15, 0.2) is 52.9 Å². The summed E-state index contributed by atoms with van der Waals surface area (Å²) in [5.41, 5.74) is 1.55. The predicted molar refractivity (Wildman–Crippen MR) is 113 cm³/mol. The Bertz CT molecular complexity index is 977. The number of amides is 1. The fourth-order valence-electron chi connectivity index (χ4n) is 3.05. The molecule has 2 aromatic carbocycles. The molecule has 0 spiro atoms. The number of hydrogen-bond acceptors (Lipinski definition) is 5.